The Kier molecular flexibility index (Phi) is 4.58. The zero-order valence-electron chi connectivity index (χ0n) is 15.3. The summed E-state index contributed by atoms with van der Waals surface area (Å²) in [6.07, 6.45) is 5.50. The predicted molar refractivity (Wildman–Crippen MR) is 102 cm³/mol. The molecule has 146 valence electrons. The minimum absolute atomic E-state index is 0.0172. The van der Waals surface area contributed by atoms with E-state index in [4.69, 9.17) is 0 Å². The number of benzene rings is 1. The molecule has 1 aliphatic carbocycles. The van der Waals surface area contributed by atoms with E-state index >= 15 is 0 Å². The van der Waals surface area contributed by atoms with E-state index in [-0.39, 0.29) is 30.3 Å². The molecule has 0 unspecified atom stereocenters. The normalized spacial score (nSPS) is 18.5. The third-order valence-corrected chi connectivity index (χ3v) is 5.44. The zero-order chi connectivity index (χ0) is 19.7. The highest BCUT2D eigenvalue weighted by atomic mass is 16.2. The zero-order valence-corrected chi connectivity index (χ0v) is 15.3. The molecule has 4 rings (SSSR count). The monoisotopic (exact) mass is 383 g/mol. The number of aromatic amines is 1. The van der Waals surface area contributed by atoms with Gasteiger partial charge in [0, 0.05) is 18.7 Å². The number of nitrogens with zero attached hydrogens (tertiary/aromatic N) is 2. The number of imide groups is 1. The molecule has 3 N–H and O–H groups in total. The van der Waals surface area contributed by atoms with Crippen molar-refractivity contribution < 1.29 is 14.4 Å². The van der Waals surface area contributed by atoms with E-state index in [1.54, 1.807) is 18.2 Å². The van der Waals surface area contributed by atoms with E-state index in [2.05, 4.69) is 20.6 Å². The second-order valence-corrected chi connectivity index (χ2v) is 7.29. The number of hydrogen-bond donors (Lipinski definition) is 3. The lowest BCUT2D eigenvalue weighted by Gasteiger charge is -2.30. The summed E-state index contributed by atoms with van der Waals surface area (Å²) in [5.41, 5.74) is -0.0907. The fourth-order valence-corrected chi connectivity index (χ4v) is 3.96. The second-order valence-electron chi connectivity index (χ2n) is 7.29. The van der Waals surface area contributed by atoms with Gasteiger partial charge >= 0.3 is 6.03 Å². The number of carbonyl (C=O) groups is 3. The third kappa shape index (κ3) is 3.23. The standard InChI is InChI=1S/C19H21N5O4/c25-15(22-12-4-5-14-13(10-12)16(26)21-11-20-14)6-9-24-17(27)19(23-18(24)28)7-2-1-3-8-19/h4-5,10-11H,1-3,6-9H2,(H,22,25)(H,23,28)(H,20,21,26). The molecule has 2 aromatic rings. The summed E-state index contributed by atoms with van der Waals surface area (Å²) in [6, 6.07) is 4.41. The van der Waals surface area contributed by atoms with Gasteiger partial charge in [-0.05, 0) is 31.0 Å². The molecule has 1 aromatic heterocycles. The molecule has 2 fully saturated rings. The molecular weight excluding hydrogens is 362 g/mol. The molecule has 1 aliphatic heterocycles. The number of rotatable bonds is 4. The van der Waals surface area contributed by atoms with Gasteiger partial charge in [0.2, 0.25) is 5.91 Å². The molecule has 9 heteroatoms. The van der Waals surface area contributed by atoms with Gasteiger partial charge in [-0.15, -0.1) is 0 Å². The van der Waals surface area contributed by atoms with Gasteiger partial charge in [-0.25, -0.2) is 9.78 Å². The van der Waals surface area contributed by atoms with Gasteiger partial charge in [0.25, 0.3) is 11.5 Å². The van der Waals surface area contributed by atoms with Crippen LogP contribution in [0.1, 0.15) is 38.5 Å². The molecule has 1 spiro atoms. The number of anilines is 1. The van der Waals surface area contributed by atoms with E-state index in [9.17, 15) is 19.2 Å². The number of fused-ring (bicyclic) bond motifs is 1. The van der Waals surface area contributed by atoms with Crippen LogP contribution in [0.15, 0.2) is 29.3 Å². The van der Waals surface area contributed by atoms with Crippen molar-refractivity contribution in [3.63, 3.8) is 0 Å². The predicted octanol–water partition coefficient (Wildman–Crippen LogP) is 1.51. The molecule has 0 atom stereocenters. The fourth-order valence-electron chi connectivity index (χ4n) is 3.96. The highest BCUT2D eigenvalue weighted by Crippen LogP contribution is 2.33. The summed E-state index contributed by atoms with van der Waals surface area (Å²) in [7, 11) is 0. The maximum absolute atomic E-state index is 12.7. The van der Waals surface area contributed by atoms with E-state index < -0.39 is 11.6 Å². The quantitative estimate of drug-likeness (QED) is 0.690. The molecule has 2 aliphatic rings. The van der Waals surface area contributed by atoms with E-state index in [1.165, 1.54) is 6.33 Å². The first-order chi connectivity index (χ1) is 13.5. The molecule has 1 saturated heterocycles. The van der Waals surface area contributed by atoms with Crippen molar-refractivity contribution in [3.8, 4) is 0 Å². The average molecular weight is 383 g/mol. The van der Waals surface area contributed by atoms with Crippen molar-refractivity contribution in [1.29, 1.82) is 0 Å². The summed E-state index contributed by atoms with van der Waals surface area (Å²) in [5.74, 6) is -0.571. The highest BCUT2D eigenvalue weighted by molar-refractivity contribution is 6.07. The number of aromatic nitrogens is 2. The van der Waals surface area contributed by atoms with Gasteiger partial charge in [0.15, 0.2) is 0 Å². The molecule has 0 bridgehead atoms. The summed E-state index contributed by atoms with van der Waals surface area (Å²) in [5, 5.41) is 5.90. The summed E-state index contributed by atoms with van der Waals surface area (Å²) < 4.78 is 0. The van der Waals surface area contributed by atoms with Gasteiger partial charge in [-0.1, -0.05) is 19.3 Å². The Hall–Kier alpha value is -3.23. The van der Waals surface area contributed by atoms with Crippen LogP contribution in [0.5, 0.6) is 0 Å². The summed E-state index contributed by atoms with van der Waals surface area (Å²) >= 11 is 0. The minimum atomic E-state index is -0.780. The Morgan fingerprint density at radius 2 is 1.96 bits per heavy atom. The molecule has 0 radical (unpaired) electrons. The van der Waals surface area contributed by atoms with Crippen LogP contribution in [0.3, 0.4) is 0 Å². The van der Waals surface area contributed by atoms with E-state index in [0.29, 0.717) is 29.4 Å². The molecule has 1 saturated carbocycles. The number of H-pyrrole nitrogens is 1. The van der Waals surface area contributed by atoms with Crippen LogP contribution in [0.4, 0.5) is 10.5 Å². The Morgan fingerprint density at radius 1 is 1.18 bits per heavy atom. The third-order valence-electron chi connectivity index (χ3n) is 5.44. The maximum atomic E-state index is 12.7. The lowest BCUT2D eigenvalue weighted by Crippen LogP contribution is -2.48. The molecule has 28 heavy (non-hydrogen) atoms. The summed E-state index contributed by atoms with van der Waals surface area (Å²) in [6.45, 7) is 0.0218. The molecule has 9 nitrogen and oxygen atoms in total. The van der Waals surface area contributed by atoms with Crippen molar-refractivity contribution in [2.24, 2.45) is 0 Å². The van der Waals surface area contributed by atoms with Crippen molar-refractivity contribution in [1.82, 2.24) is 20.2 Å². The van der Waals surface area contributed by atoms with Crippen molar-refractivity contribution >= 4 is 34.4 Å². The van der Waals surface area contributed by atoms with E-state index in [0.717, 1.165) is 24.2 Å². The smallest absolute Gasteiger partial charge is 0.325 e. The molecule has 4 amide bonds. The van der Waals surface area contributed by atoms with Crippen LogP contribution in [-0.4, -0.2) is 44.8 Å². The minimum Gasteiger partial charge on any atom is -0.326 e. The molecular formula is C19H21N5O4. The maximum Gasteiger partial charge on any atom is 0.325 e. The van der Waals surface area contributed by atoms with Crippen LogP contribution >= 0.6 is 0 Å². The van der Waals surface area contributed by atoms with Gasteiger partial charge in [-0.2, -0.15) is 0 Å². The number of hydrogen-bond acceptors (Lipinski definition) is 5. The SMILES string of the molecule is O=C(CCN1C(=O)NC2(CCCCC2)C1=O)Nc1ccc2nc[nH]c(=O)c2c1. The first-order valence-electron chi connectivity index (χ1n) is 9.40. The Bertz CT molecular complexity index is 1010. The first kappa shape index (κ1) is 18.1. The Morgan fingerprint density at radius 3 is 2.75 bits per heavy atom. The number of nitrogens with one attached hydrogen (secondary N) is 3. The fraction of sp³-hybridized carbons (Fsp3) is 0.421. The summed E-state index contributed by atoms with van der Waals surface area (Å²) in [4.78, 5) is 56.7. The van der Waals surface area contributed by atoms with Crippen LogP contribution in [-0.2, 0) is 9.59 Å². The van der Waals surface area contributed by atoms with Gasteiger partial charge in [-0.3, -0.25) is 19.3 Å². The molecule has 1 aromatic carbocycles. The van der Waals surface area contributed by atoms with Crippen molar-refractivity contribution in [3.05, 3.63) is 34.9 Å². The van der Waals surface area contributed by atoms with E-state index in [1.807, 2.05) is 0 Å². The Labute approximate surface area is 160 Å². The lowest BCUT2D eigenvalue weighted by molar-refractivity contribution is -0.132. The topological polar surface area (TPSA) is 124 Å². The van der Waals surface area contributed by atoms with Crippen LogP contribution < -0.4 is 16.2 Å². The van der Waals surface area contributed by atoms with Crippen LogP contribution in [0.2, 0.25) is 0 Å². The van der Waals surface area contributed by atoms with Crippen LogP contribution in [0, 0.1) is 0 Å². The van der Waals surface area contributed by atoms with Crippen LogP contribution in [0.25, 0.3) is 10.9 Å². The number of amides is 4. The number of urea groups is 1. The van der Waals surface area contributed by atoms with Gasteiger partial charge in [0.05, 0.1) is 17.2 Å². The molecule has 2 heterocycles. The van der Waals surface area contributed by atoms with Crippen molar-refractivity contribution in [2.75, 3.05) is 11.9 Å². The van der Waals surface area contributed by atoms with Gasteiger partial charge < -0.3 is 15.6 Å². The lowest BCUT2D eigenvalue weighted by atomic mass is 9.82. The van der Waals surface area contributed by atoms with Gasteiger partial charge in [0.1, 0.15) is 5.54 Å². The first-order valence-corrected chi connectivity index (χ1v) is 9.40. The average Bonchev–Trinajstić information content (AvgIpc) is 2.91. The second kappa shape index (κ2) is 7.06. The Balaban J connectivity index is 1.39. The number of carbonyl (C=O) groups excluding carboxylic acids is 3. The van der Waals surface area contributed by atoms with Crippen molar-refractivity contribution in [2.45, 2.75) is 44.1 Å². The largest absolute Gasteiger partial charge is 0.326 e. The highest BCUT2D eigenvalue weighted by Gasteiger charge is 2.51.